The minimum atomic E-state index is 0.381. The zero-order valence-electron chi connectivity index (χ0n) is 10.9. The summed E-state index contributed by atoms with van der Waals surface area (Å²) in [5, 5.41) is 3.28. The Bertz CT molecular complexity index is 379. The van der Waals surface area contributed by atoms with E-state index in [2.05, 4.69) is 20.2 Å². The van der Waals surface area contributed by atoms with Crippen molar-refractivity contribution in [2.24, 2.45) is 0 Å². The molecule has 1 fully saturated rings. The van der Waals surface area contributed by atoms with Crippen LogP contribution >= 0.6 is 0 Å². The Balaban J connectivity index is 1.83. The first-order valence-electron chi connectivity index (χ1n) is 6.36. The van der Waals surface area contributed by atoms with Crippen LogP contribution in [0.2, 0.25) is 0 Å². The second kappa shape index (κ2) is 6.51. The zero-order valence-corrected chi connectivity index (χ0v) is 10.9. The Labute approximate surface area is 108 Å². The van der Waals surface area contributed by atoms with Crippen LogP contribution in [0, 0.1) is 0 Å². The van der Waals surface area contributed by atoms with Crippen molar-refractivity contribution < 1.29 is 4.74 Å². The molecule has 0 unspecified atom stereocenters. The molecule has 0 aliphatic carbocycles. The molecule has 0 saturated carbocycles. The van der Waals surface area contributed by atoms with Crippen LogP contribution in [-0.4, -0.2) is 48.2 Å². The third-order valence-electron chi connectivity index (χ3n) is 3.00. The van der Waals surface area contributed by atoms with Gasteiger partial charge in [-0.2, -0.15) is 0 Å². The SMILES string of the molecule is COCc1nc(N)cc(NCCN2CCCC2)n1. The first kappa shape index (κ1) is 13.0. The van der Waals surface area contributed by atoms with Crippen molar-refractivity contribution in [3.05, 3.63) is 11.9 Å². The van der Waals surface area contributed by atoms with Crippen LogP contribution < -0.4 is 11.1 Å². The highest BCUT2D eigenvalue weighted by molar-refractivity contribution is 5.44. The normalized spacial score (nSPS) is 16.1. The maximum absolute atomic E-state index is 5.73. The van der Waals surface area contributed by atoms with Crippen LogP contribution in [0.15, 0.2) is 6.07 Å². The lowest BCUT2D eigenvalue weighted by Crippen LogP contribution is -2.26. The van der Waals surface area contributed by atoms with E-state index in [1.54, 1.807) is 13.2 Å². The van der Waals surface area contributed by atoms with Gasteiger partial charge in [0.25, 0.3) is 0 Å². The van der Waals surface area contributed by atoms with Crippen molar-refractivity contribution >= 4 is 11.6 Å². The predicted molar refractivity (Wildman–Crippen MR) is 71.3 cm³/mol. The number of hydrogen-bond donors (Lipinski definition) is 2. The first-order valence-corrected chi connectivity index (χ1v) is 6.36. The molecule has 2 rings (SSSR count). The molecule has 1 aromatic heterocycles. The molecule has 1 saturated heterocycles. The van der Waals surface area contributed by atoms with E-state index in [0.717, 1.165) is 18.9 Å². The van der Waals surface area contributed by atoms with Crippen molar-refractivity contribution in [2.75, 3.05) is 44.3 Å². The molecule has 0 atom stereocenters. The van der Waals surface area contributed by atoms with E-state index in [1.807, 2.05) is 0 Å². The molecule has 0 spiro atoms. The van der Waals surface area contributed by atoms with Crippen LogP contribution in [0.5, 0.6) is 0 Å². The molecule has 1 aromatic rings. The van der Waals surface area contributed by atoms with Gasteiger partial charge in [-0.1, -0.05) is 0 Å². The number of anilines is 2. The van der Waals surface area contributed by atoms with Gasteiger partial charge in [-0.05, 0) is 25.9 Å². The average molecular weight is 251 g/mol. The fourth-order valence-electron chi connectivity index (χ4n) is 2.15. The molecule has 6 heteroatoms. The van der Waals surface area contributed by atoms with Crippen molar-refractivity contribution in [1.82, 2.24) is 14.9 Å². The summed E-state index contributed by atoms with van der Waals surface area (Å²) in [7, 11) is 1.62. The van der Waals surface area contributed by atoms with E-state index in [0.29, 0.717) is 18.2 Å². The number of likely N-dealkylation sites (tertiary alicyclic amines) is 1. The Morgan fingerprint density at radius 3 is 2.89 bits per heavy atom. The van der Waals surface area contributed by atoms with Crippen LogP contribution in [-0.2, 0) is 11.3 Å². The maximum Gasteiger partial charge on any atom is 0.158 e. The molecule has 1 aliphatic rings. The minimum absolute atomic E-state index is 0.381. The molecule has 3 N–H and O–H groups in total. The second-order valence-corrected chi connectivity index (χ2v) is 4.50. The lowest BCUT2D eigenvalue weighted by Gasteiger charge is -2.15. The molecule has 18 heavy (non-hydrogen) atoms. The number of nitrogen functional groups attached to an aromatic ring is 1. The predicted octanol–water partition coefficient (Wildman–Crippen LogP) is 0.713. The summed E-state index contributed by atoms with van der Waals surface area (Å²) in [6, 6.07) is 1.75. The molecule has 6 nitrogen and oxygen atoms in total. The summed E-state index contributed by atoms with van der Waals surface area (Å²) in [6.45, 7) is 4.73. The summed E-state index contributed by atoms with van der Waals surface area (Å²) >= 11 is 0. The molecular weight excluding hydrogens is 230 g/mol. The van der Waals surface area contributed by atoms with Crippen molar-refractivity contribution in [1.29, 1.82) is 0 Å². The highest BCUT2D eigenvalue weighted by Crippen LogP contribution is 2.10. The van der Waals surface area contributed by atoms with Gasteiger partial charge in [-0.25, -0.2) is 9.97 Å². The van der Waals surface area contributed by atoms with Crippen molar-refractivity contribution in [2.45, 2.75) is 19.4 Å². The van der Waals surface area contributed by atoms with E-state index in [-0.39, 0.29) is 0 Å². The molecule has 0 aromatic carbocycles. The van der Waals surface area contributed by atoms with E-state index in [9.17, 15) is 0 Å². The Morgan fingerprint density at radius 2 is 2.17 bits per heavy atom. The molecule has 0 amide bonds. The van der Waals surface area contributed by atoms with Crippen LogP contribution in [0.4, 0.5) is 11.6 Å². The molecule has 100 valence electrons. The first-order chi connectivity index (χ1) is 8.78. The van der Waals surface area contributed by atoms with E-state index in [4.69, 9.17) is 10.5 Å². The summed E-state index contributed by atoms with van der Waals surface area (Å²) in [5.41, 5.74) is 5.73. The Kier molecular flexibility index (Phi) is 4.72. The van der Waals surface area contributed by atoms with E-state index in [1.165, 1.54) is 25.9 Å². The average Bonchev–Trinajstić information content (AvgIpc) is 2.82. The zero-order chi connectivity index (χ0) is 12.8. The fraction of sp³-hybridized carbons (Fsp3) is 0.667. The highest BCUT2D eigenvalue weighted by atomic mass is 16.5. The van der Waals surface area contributed by atoms with Gasteiger partial charge in [0.2, 0.25) is 0 Å². The lowest BCUT2D eigenvalue weighted by atomic mass is 10.4. The Hall–Kier alpha value is -1.40. The summed E-state index contributed by atoms with van der Waals surface area (Å²) in [4.78, 5) is 10.9. The Morgan fingerprint density at radius 1 is 1.39 bits per heavy atom. The van der Waals surface area contributed by atoms with E-state index >= 15 is 0 Å². The van der Waals surface area contributed by atoms with Gasteiger partial charge >= 0.3 is 0 Å². The van der Waals surface area contributed by atoms with Gasteiger partial charge in [0.1, 0.15) is 18.2 Å². The summed E-state index contributed by atoms with van der Waals surface area (Å²) in [6.07, 6.45) is 2.64. The molecular formula is C12H21N5O. The number of methoxy groups -OCH3 is 1. The topological polar surface area (TPSA) is 76.3 Å². The van der Waals surface area contributed by atoms with Crippen LogP contribution in [0.3, 0.4) is 0 Å². The maximum atomic E-state index is 5.73. The van der Waals surface area contributed by atoms with Gasteiger partial charge in [-0.15, -0.1) is 0 Å². The second-order valence-electron chi connectivity index (χ2n) is 4.50. The van der Waals surface area contributed by atoms with Gasteiger partial charge in [0.15, 0.2) is 5.82 Å². The lowest BCUT2D eigenvalue weighted by molar-refractivity contribution is 0.178. The molecule has 0 radical (unpaired) electrons. The number of nitrogens with zero attached hydrogens (tertiary/aromatic N) is 3. The van der Waals surface area contributed by atoms with Crippen LogP contribution in [0.1, 0.15) is 18.7 Å². The van der Waals surface area contributed by atoms with Gasteiger partial charge in [0, 0.05) is 26.3 Å². The smallest absolute Gasteiger partial charge is 0.158 e. The number of aromatic nitrogens is 2. The summed E-state index contributed by atoms with van der Waals surface area (Å²) in [5.74, 6) is 1.86. The number of nitrogens with two attached hydrogens (primary N) is 1. The van der Waals surface area contributed by atoms with Crippen LogP contribution in [0.25, 0.3) is 0 Å². The number of hydrogen-bond acceptors (Lipinski definition) is 6. The third kappa shape index (κ3) is 3.82. The minimum Gasteiger partial charge on any atom is -0.384 e. The van der Waals surface area contributed by atoms with Gasteiger partial charge < -0.3 is 20.7 Å². The van der Waals surface area contributed by atoms with Crippen molar-refractivity contribution in [3.63, 3.8) is 0 Å². The van der Waals surface area contributed by atoms with E-state index < -0.39 is 0 Å². The molecule has 2 heterocycles. The monoisotopic (exact) mass is 251 g/mol. The third-order valence-corrected chi connectivity index (χ3v) is 3.00. The van der Waals surface area contributed by atoms with Gasteiger partial charge in [-0.3, -0.25) is 0 Å². The standard InChI is InChI=1S/C12H21N5O/c1-18-9-12-15-10(13)8-11(16-12)14-4-7-17-5-2-3-6-17/h8H,2-7,9H2,1H3,(H3,13,14,15,16). The number of nitrogens with one attached hydrogen (secondary N) is 1. The number of ether oxygens (including phenoxy) is 1. The quantitative estimate of drug-likeness (QED) is 0.775. The highest BCUT2D eigenvalue weighted by Gasteiger charge is 2.10. The summed E-state index contributed by atoms with van der Waals surface area (Å²) < 4.78 is 5.01. The molecule has 1 aliphatic heterocycles. The number of rotatable bonds is 6. The van der Waals surface area contributed by atoms with Gasteiger partial charge in [0.05, 0.1) is 0 Å². The largest absolute Gasteiger partial charge is 0.384 e. The molecule has 0 bridgehead atoms. The fourth-order valence-corrected chi connectivity index (χ4v) is 2.15. The van der Waals surface area contributed by atoms with Crippen molar-refractivity contribution in [3.8, 4) is 0 Å².